The molecular weight excluding hydrogens is 178 g/mol. The van der Waals surface area contributed by atoms with Crippen LogP contribution in [0.5, 0.6) is 0 Å². The van der Waals surface area contributed by atoms with Gasteiger partial charge in [-0.05, 0) is 26.2 Å². The maximum absolute atomic E-state index is 5.24. The van der Waals surface area contributed by atoms with Crippen LogP contribution in [0.3, 0.4) is 0 Å². The van der Waals surface area contributed by atoms with Crippen LogP contribution >= 0.6 is 0 Å². The lowest BCUT2D eigenvalue weighted by molar-refractivity contribution is 0.444. The van der Waals surface area contributed by atoms with Crippen molar-refractivity contribution in [1.82, 2.24) is 9.97 Å². The third-order valence-electron chi connectivity index (χ3n) is 2.55. The molecular formula is C9H15N5. The summed E-state index contributed by atoms with van der Waals surface area (Å²) in [6, 6.07) is 0.578. The SMILES string of the molecule is Cc1cnc(NN)nc1NC1CCC1. The Bertz CT molecular complexity index is 321. The molecule has 0 unspecified atom stereocenters. The molecule has 5 heteroatoms. The summed E-state index contributed by atoms with van der Waals surface area (Å²) < 4.78 is 0. The summed E-state index contributed by atoms with van der Waals surface area (Å²) in [5.41, 5.74) is 3.49. The number of aryl methyl sites for hydroxylation is 1. The van der Waals surface area contributed by atoms with Gasteiger partial charge in [-0.1, -0.05) is 0 Å². The highest BCUT2D eigenvalue weighted by atomic mass is 15.3. The predicted octanol–water partition coefficient (Wildman–Crippen LogP) is 1.04. The number of nitrogens with one attached hydrogen (secondary N) is 2. The number of anilines is 2. The van der Waals surface area contributed by atoms with Gasteiger partial charge in [0.15, 0.2) is 0 Å². The summed E-state index contributed by atoms with van der Waals surface area (Å²) in [6.07, 6.45) is 5.54. The van der Waals surface area contributed by atoms with Crippen LogP contribution in [0, 0.1) is 6.92 Å². The van der Waals surface area contributed by atoms with Gasteiger partial charge in [0.1, 0.15) is 5.82 Å². The van der Waals surface area contributed by atoms with Gasteiger partial charge in [-0.25, -0.2) is 10.8 Å². The molecule has 0 bridgehead atoms. The van der Waals surface area contributed by atoms with E-state index in [4.69, 9.17) is 5.84 Å². The van der Waals surface area contributed by atoms with Crippen LogP contribution in [0.25, 0.3) is 0 Å². The smallest absolute Gasteiger partial charge is 0.239 e. The van der Waals surface area contributed by atoms with E-state index in [-0.39, 0.29) is 0 Å². The van der Waals surface area contributed by atoms with Gasteiger partial charge in [0, 0.05) is 17.8 Å². The number of nitrogens with zero attached hydrogens (tertiary/aromatic N) is 2. The van der Waals surface area contributed by atoms with Gasteiger partial charge in [0.05, 0.1) is 0 Å². The molecule has 76 valence electrons. The Morgan fingerprint density at radius 1 is 1.50 bits per heavy atom. The third-order valence-corrected chi connectivity index (χ3v) is 2.55. The monoisotopic (exact) mass is 193 g/mol. The summed E-state index contributed by atoms with van der Waals surface area (Å²) in [7, 11) is 0. The summed E-state index contributed by atoms with van der Waals surface area (Å²) in [6.45, 7) is 1.99. The second-order valence-corrected chi connectivity index (χ2v) is 3.64. The molecule has 1 aromatic heterocycles. The van der Waals surface area contributed by atoms with E-state index in [0.29, 0.717) is 12.0 Å². The van der Waals surface area contributed by atoms with E-state index in [2.05, 4.69) is 20.7 Å². The molecule has 0 atom stereocenters. The molecule has 0 aliphatic heterocycles. The van der Waals surface area contributed by atoms with Crippen LogP contribution in [-0.2, 0) is 0 Å². The standard InChI is InChI=1S/C9H15N5/c1-6-5-11-9(14-10)13-8(6)12-7-3-2-4-7/h5,7H,2-4,10H2,1H3,(H2,11,12,13,14). The number of aromatic nitrogens is 2. The largest absolute Gasteiger partial charge is 0.367 e. The van der Waals surface area contributed by atoms with Crippen LogP contribution in [0.1, 0.15) is 24.8 Å². The van der Waals surface area contributed by atoms with Crippen LogP contribution in [0.15, 0.2) is 6.20 Å². The zero-order valence-electron chi connectivity index (χ0n) is 8.25. The van der Waals surface area contributed by atoms with Crippen molar-refractivity contribution in [3.63, 3.8) is 0 Å². The Hall–Kier alpha value is -1.36. The van der Waals surface area contributed by atoms with E-state index in [1.54, 1.807) is 6.20 Å². The fourth-order valence-electron chi connectivity index (χ4n) is 1.40. The first kappa shape index (κ1) is 9.21. The Balaban J connectivity index is 2.13. The minimum absolute atomic E-state index is 0.456. The van der Waals surface area contributed by atoms with E-state index in [1.165, 1.54) is 19.3 Å². The fraction of sp³-hybridized carbons (Fsp3) is 0.556. The molecule has 0 saturated heterocycles. The van der Waals surface area contributed by atoms with Crippen molar-refractivity contribution in [3.05, 3.63) is 11.8 Å². The lowest BCUT2D eigenvalue weighted by Gasteiger charge is -2.27. The quantitative estimate of drug-likeness (QED) is 0.494. The molecule has 2 rings (SSSR count). The summed E-state index contributed by atoms with van der Waals surface area (Å²) in [5.74, 6) is 6.59. The Labute approximate surface area is 83.1 Å². The summed E-state index contributed by atoms with van der Waals surface area (Å²) >= 11 is 0. The molecule has 1 heterocycles. The van der Waals surface area contributed by atoms with Crippen molar-refractivity contribution < 1.29 is 0 Å². The molecule has 1 saturated carbocycles. The van der Waals surface area contributed by atoms with Gasteiger partial charge < -0.3 is 5.32 Å². The van der Waals surface area contributed by atoms with Crippen LogP contribution in [-0.4, -0.2) is 16.0 Å². The topological polar surface area (TPSA) is 75.9 Å². The molecule has 1 aromatic rings. The number of hydrogen-bond acceptors (Lipinski definition) is 5. The van der Waals surface area contributed by atoms with Crippen molar-refractivity contribution in [2.75, 3.05) is 10.7 Å². The molecule has 0 spiro atoms. The first-order valence-corrected chi connectivity index (χ1v) is 4.86. The second kappa shape index (κ2) is 3.79. The van der Waals surface area contributed by atoms with E-state index in [9.17, 15) is 0 Å². The Morgan fingerprint density at radius 2 is 2.29 bits per heavy atom. The highest BCUT2D eigenvalue weighted by molar-refractivity contribution is 5.47. The van der Waals surface area contributed by atoms with Gasteiger partial charge in [-0.15, -0.1) is 0 Å². The lowest BCUT2D eigenvalue weighted by atomic mass is 9.93. The predicted molar refractivity (Wildman–Crippen MR) is 55.8 cm³/mol. The van der Waals surface area contributed by atoms with Gasteiger partial charge >= 0.3 is 0 Å². The maximum Gasteiger partial charge on any atom is 0.239 e. The van der Waals surface area contributed by atoms with Crippen molar-refractivity contribution in [1.29, 1.82) is 0 Å². The van der Waals surface area contributed by atoms with Crippen molar-refractivity contribution in [3.8, 4) is 0 Å². The molecule has 0 amide bonds. The highest BCUT2D eigenvalue weighted by Gasteiger charge is 2.18. The summed E-state index contributed by atoms with van der Waals surface area (Å²) in [4.78, 5) is 8.28. The number of rotatable bonds is 3. The zero-order chi connectivity index (χ0) is 9.97. The van der Waals surface area contributed by atoms with E-state index < -0.39 is 0 Å². The summed E-state index contributed by atoms with van der Waals surface area (Å²) in [5, 5.41) is 3.37. The molecule has 4 N–H and O–H groups in total. The second-order valence-electron chi connectivity index (χ2n) is 3.64. The lowest BCUT2D eigenvalue weighted by Crippen LogP contribution is -2.28. The van der Waals surface area contributed by atoms with Crippen LogP contribution in [0.2, 0.25) is 0 Å². The molecule has 0 aromatic carbocycles. The Kier molecular flexibility index (Phi) is 2.49. The Morgan fingerprint density at radius 3 is 2.86 bits per heavy atom. The number of nitrogen functional groups attached to an aromatic ring is 1. The molecule has 14 heavy (non-hydrogen) atoms. The molecule has 1 aliphatic rings. The number of nitrogens with two attached hydrogens (primary N) is 1. The van der Waals surface area contributed by atoms with E-state index >= 15 is 0 Å². The van der Waals surface area contributed by atoms with Crippen LogP contribution in [0.4, 0.5) is 11.8 Å². The minimum Gasteiger partial charge on any atom is -0.367 e. The number of hydrogen-bond donors (Lipinski definition) is 3. The first-order valence-electron chi connectivity index (χ1n) is 4.86. The molecule has 1 aliphatic carbocycles. The third kappa shape index (κ3) is 1.77. The van der Waals surface area contributed by atoms with Gasteiger partial charge in [0.2, 0.25) is 5.95 Å². The maximum atomic E-state index is 5.24. The molecule has 1 fully saturated rings. The average Bonchev–Trinajstić information content (AvgIpc) is 2.14. The van der Waals surface area contributed by atoms with Crippen molar-refractivity contribution in [2.24, 2.45) is 5.84 Å². The van der Waals surface area contributed by atoms with Gasteiger partial charge in [0.25, 0.3) is 0 Å². The first-order chi connectivity index (χ1) is 6.79. The average molecular weight is 193 g/mol. The van der Waals surface area contributed by atoms with Crippen molar-refractivity contribution >= 4 is 11.8 Å². The zero-order valence-corrected chi connectivity index (χ0v) is 8.25. The normalized spacial score (nSPS) is 16.1. The fourth-order valence-corrected chi connectivity index (χ4v) is 1.40. The van der Waals surface area contributed by atoms with E-state index in [1.807, 2.05) is 6.92 Å². The van der Waals surface area contributed by atoms with Crippen molar-refractivity contribution in [2.45, 2.75) is 32.2 Å². The number of hydrazine groups is 1. The molecule has 5 nitrogen and oxygen atoms in total. The minimum atomic E-state index is 0.456. The molecule has 0 radical (unpaired) electrons. The highest BCUT2D eigenvalue weighted by Crippen LogP contribution is 2.23. The van der Waals surface area contributed by atoms with Gasteiger partial charge in [-0.2, -0.15) is 4.98 Å². The van der Waals surface area contributed by atoms with E-state index in [0.717, 1.165) is 11.4 Å². The van der Waals surface area contributed by atoms with Gasteiger partial charge in [-0.3, -0.25) is 5.43 Å². The van der Waals surface area contributed by atoms with Crippen LogP contribution < -0.4 is 16.6 Å².